The summed E-state index contributed by atoms with van der Waals surface area (Å²) in [5.41, 5.74) is 3.18. The molecular weight excluding hydrogens is 438 g/mol. The summed E-state index contributed by atoms with van der Waals surface area (Å²) in [6.07, 6.45) is 1.47. The van der Waals surface area contributed by atoms with E-state index in [-0.39, 0.29) is 17.6 Å². The lowest BCUT2D eigenvalue weighted by Gasteiger charge is -2.32. The van der Waals surface area contributed by atoms with Crippen LogP contribution in [-0.2, 0) is 0 Å². The van der Waals surface area contributed by atoms with E-state index in [0.717, 1.165) is 29.6 Å². The van der Waals surface area contributed by atoms with Gasteiger partial charge in [0, 0.05) is 19.1 Å². The summed E-state index contributed by atoms with van der Waals surface area (Å²) in [5, 5.41) is 3.91. The highest BCUT2D eigenvalue weighted by Gasteiger charge is 2.28. The topological polar surface area (TPSA) is 92.2 Å². The molecule has 0 saturated carbocycles. The second-order valence-corrected chi connectivity index (χ2v) is 9.10. The van der Waals surface area contributed by atoms with Crippen LogP contribution >= 0.6 is 11.3 Å². The van der Waals surface area contributed by atoms with Crippen LogP contribution in [-0.4, -0.2) is 45.5 Å². The molecule has 0 unspecified atom stereocenters. The number of H-pyrrole nitrogens is 1. The number of hydrogen-bond acceptors (Lipinski definition) is 6. The number of amides is 1. The minimum Gasteiger partial charge on any atom is -0.495 e. The van der Waals surface area contributed by atoms with Gasteiger partial charge in [-0.25, -0.2) is 9.78 Å². The predicted octanol–water partition coefficient (Wildman–Crippen LogP) is 4.32. The molecule has 3 heterocycles. The quantitative estimate of drug-likeness (QED) is 0.460. The number of para-hydroxylation sites is 4. The zero-order valence-corrected chi connectivity index (χ0v) is 19.3. The van der Waals surface area contributed by atoms with Gasteiger partial charge in [0.2, 0.25) is 0 Å². The Bertz CT molecular complexity index is 1360. The molecule has 2 aromatic heterocycles. The second kappa shape index (κ2) is 8.74. The Hall–Kier alpha value is -3.59. The van der Waals surface area contributed by atoms with Gasteiger partial charge in [0.1, 0.15) is 10.6 Å². The lowest BCUT2D eigenvalue weighted by molar-refractivity contribution is 0.0699. The molecule has 1 saturated heterocycles. The van der Waals surface area contributed by atoms with E-state index >= 15 is 0 Å². The Balaban J connectivity index is 1.29. The number of hydrogen-bond donors (Lipinski definition) is 2. The van der Waals surface area contributed by atoms with Crippen molar-refractivity contribution in [3.05, 3.63) is 69.6 Å². The van der Waals surface area contributed by atoms with Gasteiger partial charge in [0.05, 0.1) is 29.5 Å². The van der Waals surface area contributed by atoms with Crippen LogP contribution in [0, 0.1) is 6.92 Å². The number of fused-ring (bicyclic) bond motifs is 1. The molecule has 0 aliphatic carbocycles. The van der Waals surface area contributed by atoms with E-state index in [0.29, 0.717) is 34.5 Å². The number of carbonyl (C=O) groups is 1. The number of ether oxygens (including phenoxy) is 1. The van der Waals surface area contributed by atoms with E-state index in [2.05, 4.69) is 15.3 Å². The molecule has 1 aliphatic heterocycles. The van der Waals surface area contributed by atoms with Gasteiger partial charge in [-0.2, -0.15) is 0 Å². The third-order valence-corrected chi connectivity index (χ3v) is 7.14. The molecule has 2 N–H and O–H groups in total. The third-order valence-electron chi connectivity index (χ3n) is 6.08. The Morgan fingerprint density at radius 2 is 1.88 bits per heavy atom. The van der Waals surface area contributed by atoms with Gasteiger partial charge >= 0.3 is 5.69 Å². The van der Waals surface area contributed by atoms with Crippen molar-refractivity contribution in [1.29, 1.82) is 0 Å². The maximum atomic E-state index is 13.3. The van der Waals surface area contributed by atoms with E-state index in [1.807, 2.05) is 64.9 Å². The Morgan fingerprint density at radius 3 is 2.67 bits per heavy atom. The number of methoxy groups -OCH3 is 1. The number of likely N-dealkylation sites (tertiary alicyclic amines) is 1. The van der Waals surface area contributed by atoms with Crippen molar-refractivity contribution in [2.45, 2.75) is 25.8 Å². The normalized spacial score (nSPS) is 14.5. The third kappa shape index (κ3) is 4.00. The van der Waals surface area contributed by atoms with Gasteiger partial charge in [0.15, 0.2) is 5.13 Å². The van der Waals surface area contributed by atoms with Gasteiger partial charge in [-0.05, 0) is 44.0 Å². The van der Waals surface area contributed by atoms with Gasteiger partial charge in [-0.3, -0.25) is 9.36 Å². The maximum Gasteiger partial charge on any atom is 0.326 e. The molecule has 9 heteroatoms. The number of imidazole rings is 1. The first kappa shape index (κ1) is 21.3. The Kier molecular flexibility index (Phi) is 5.63. The number of anilines is 2. The largest absolute Gasteiger partial charge is 0.495 e. The average molecular weight is 464 g/mol. The van der Waals surface area contributed by atoms with E-state index in [4.69, 9.17) is 4.74 Å². The molecule has 1 fully saturated rings. The van der Waals surface area contributed by atoms with E-state index < -0.39 is 0 Å². The minimum atomic E-state index is -0.0914. The van der Waals surface area contributed by atoms with Crippen LogP contribution in [0.1, 0.15) is 34.2 Å². The number of thiazole rings is 1. The summed E-state index contributed by atoms with van der Waals surface area (Å²) in [4.78, 5) is 35.8. The molecule has 1 amide bonds. The first-order valence-corrected chi connectivity index (χ1v) is 11.7. The number of carbonyl (C=O) groups excluding carboxylic acids is 1. The number of aromatic amines is 1. The molecule has 5 rings (SSSR count). The molecule has 170 valence electrons. The number of nitrogens with one attached hydrogen (secondary N) is 2. The highest BCUT2D eigenvalue weighted by Crippen LogP contribution is 2.32. The zero-order chi connectivity index (χ0) is 22.9. The lowest BCUT2D eigenvalue weighted by atomic mass is 10.0. The number of aromatic nitrogens is 3. The molecule has 2 aromatic carbocycles. The summed E-state index contributed by atoms with van der Waals surface area (Å²) in [5.74, 6) is 0.704. The highest BCUT2D eigenvalue weighted by atomic mass is 32.1. The first-order chi connectivity index (χ1) is 16.0. The summed E-state index contributed by atoms with van der Waals surface area (Å²) in [6.45, 7) is 3.06. The molecule has 4 aromatic rings. The van der Waals surface area contributed by atoms with Gasteiger partial charge in [0.25, 0.3) is 5.91 Å². The van der Waals surface area contributed by atoms with Crippen molar-refractivity contribution in [2.24, 2.45) is 0 Å². The van der Waals surface area contributed by atoms with Crippen LogP contribution in [0.5, 0.6) is 5.75 Å². The van der Waals surface area contributed by atoms with Crippen LogP contribution < -0.4 is 15.7 Å². The smallest absolute Gasteiger partial charge is 0.326 e. The predicted molar refractivity (Wildman–Crippen MR) is 130 cm³/mol. The summed E-state index contributed by atoms with van der Waals surface area (Å²) in [6, 6.07) is 15.4. The number of piperidine rings is 1. The summed E-state index contributed by atoms with van der Waals surface area (Å²) < 4.78 is 7.22. The lowest BCUT2D eigenvalue weighted by Crippen LogP contribution is -2.40. The molecule has 0 radical (unpaired) electrons. The number of nitrogens with zero attached hydrogens (tertiary/aromatic N) is 3. The highest BCUT2D eigenvalue weighted by molar-refractivity contribution is 7.17. The van der Waals surface area contributed by atoms with E-state index in [1.165, 1.54) is 11.3 Å². The van der Waals surface area contributed by atoms with Gasteiger partial charge in [-0.1, -0.05) is 35.6 Å². The minimum absolute atomic E-state index is 0.0113. The molecular formula is C24H25N5O3S. The van der Waals surface area contributed by atoms with E-state index in [1.54, 1.807) is 7.11 Å². The molecule has 0 atom stereocenters. The SMILES string of the molecule is COc1ccccc1Nc1nc(C)c(C(=O)N2CCC(n3c(=O)[nH]c4ccccc43)CC2)s1. The zero-order valence-electron chi connectivity index (χ0n) is 18.5. The van der Waals surface area contributed by atoms with Crippen molar-refractivity contribution < 1.29 is 9.53 Å². The van der Waals surface area contributed by atoms with E-state index in [9.17, 15) is 9.59 Å². The Labute approximate surface area is 194 Å². The van der Waals surface area contributed by atoms with Crippen LogP contribution in [0.4, 0.5) is 10.8 Å². The number of rotatable bonds is 5. The second-order valence-electron chi connectivity index (χ2n) is 8.10. The van der Waals surface area contributed by atoms with Crippen LogP contribution in [0.2, 0.25) is 0 Å². The van der Waals surface area contributed by atoms with Crippen LogP contribution in [0.3, 0.4) is 0 Å². The number of aryl methyl sites for hydroxylation is 1. The maximum absolute atomic E-state index is 13.3. The fraction of sp³-hybridized carbons (Fsp3) is 0.292. The fourth-order valence-electron chi connectivity index (χ4n) is 4.42. The number of benzene rings is 2. The monoisotopic (exact) mass is 463 g/mol. The standard InChI is InChI=1S/C24H25N5O3S/c1-15-21(33-23(25-15)26-18-8-4-6-10-20(18)32-2)22(30)28-13-11-16(12-14-28)29-19-9-5-3-7-17(19)27-24(29)31/h3-10,16H,11-14H2,1-2H3,(H,25,26)(H,27,31). The molecule has 8 nitrogen and oxygen atoms in total. The van der Waals surface area contributed by atoms with Crippen molar-refractivity contribution in [3.63, 3.8) is 0 Å². The fourth-order valence-corrected chi connectivity index (χ4v) is 5.37. The first-order valence-electron chi connectivity index (χ1n) is 10.9. The van der Waals surface area contributed by atoms with Gasteiger partial charge < -0.3 is 19.9 Å². The van der Waals surface area contributed by atoms with Crippen LogP contribution in [0.15, 0.2) is 53.3 Å². The van der Waals surface area contributed by atoms with Crippen molar-refractivity contribution in [3.8, 4) is 5.75 Å². The van der Waals surface area contributed by atoms with Crippen molar-refractivity contribution >= 4 is 39.1 Å². The summed E-state index contributed by atoms with van der Waals surface area (Å²) >= 11 is 1.35. The summed E-state index contributed by atoms with van der Waals surface area (Å²) in [7, 11) is 1.62. The van der Waals surface area contributed by atoms with Gasteiger partial charge in [-0.15, -0.1) is 0 Å². The van der Waals surface area contributed by atoms with Crippen molar-refractivity contribution in [2.75, 3.05) is 25.5 Å². The van der Waals surface area contributed by atoms with Crippen molar-refractivity contribution in [1.82, 2.24) is 19.4 Å². The van der Waals surface area contributed by atoms with Crippen LogP contribution in [0.25, 0.3) is 11.0 Å². The molecule has 0 spiro atoms. The molecule has 1 aliphatic rings. The average Bonchev–Trinajstić information content (AvgIpc) is 3.37. The Morgan fingerprint density at radius 1 is 1.15 bits per heavy atom. The molecule has 0 bridgehead atoms. The molecule has 33 heavy (non-hydrogen) atoms.